The van der Waals surface area contributed by atoms with E-state index in [9.17, 15) is 9.59 Å². The van der Waals surface area contributed by atoms with E-state index in [1.54, 1.807) is 23.1 Å². The summed E-state index contributed by atoms with van der Waals surface area (Å²) < 4.78 is 0. The zero-order valence-corrected chi connectivity index (χ0v) is 14.5. The molecule has 2 aromatic carbocycles. The lowest BCUT2D eigenvalue weighted by Crippen LogP contribution is -2.35. The number of benzene rings is 2. The van der Waals surface area contributed by atoms with Crippen molar-refractivity contribution in [1.82, 2.24) is 9.97 Å². The number of para-hydroxylation sites is 2. The summed E-state index contributed by atoms with van der Waals surface area (Å²) in [6.07, 6.45) is 0.207. The topological polar surface area (TPSA) is 66.1 Å². The standard InChI is InChI=1S/C19H18ClN3O2/c1-13(18-21-16-10-6-5-9-15(16)19(25)22-18)23(17(24)11-12-20)14-7-3-2-4-8-14/h2-10,13H,11-12H2,1H3,(H,21,22,25). The predicted octanol–water partition coefficient (Wildman–Crippen LogP) is 3.65. The van der Waals surface area contributed by atoms with Crippen molar-refractivity contribution in [3.8, 4) is 0 Å². The lowest BCUT2D eigenvalue weighted by atomic mass is 10.1. The van der Waals surface area contributed by atoms with Crippen molar-refractivity contribution < 1.29 is 4.79 Å². The highest BCUT2D eigenvalue weighted by Crippen LogP contribution is 2.26. The minimum atomic E-state index is -0.435. The van der Waals surface area contributed by atoms with Gasteiger partial charge in [0, 0.05) is 18.0 Å². The van der Waals surface area contributed by atoms with E-state index in [-0.39, 0.29) is 23.8 Å². The normalized spacial score (nSPS) is 12.1. The smallest absolute Gasteiger partial charge is 0.258 e. The summed E-state index contributed by atoms with van der Waals surface area (Å²) in [5.74, 6) is 0.552. The van der Waals surface area contributed by atoms with Crippen LogP contribution in [0.2, 0.25) is 0 Å². The van der Waals surface area contributed by atoms with Gasteiger partial charge in [-0.3, -0.25) is 9.59 Å². The summed E-state index contributed by atoms with van der Waals surface area (Å²) in [4.78, 5) is 33.9. The molecule has 0 saturated carbocycles. The number of carbonyl (C=O) groups is 1. The molecule has 1 aromatic heterocycles. The highest BCUT2D eigenvalue weighted by atomic mass is 35.5. The summed E-state index contributed by atoms with van der Waals surface area (Å²) in [5.41, 5.74) is 1.12. The number of amides is 1. The molecule has 0 saturated heterocycles. The molecule has 128 valence electrons. The van der Waals surface area contributed by atoms with Crippen molar-refractivity contribution in [2.75, 3.05) is 10.8 Å². The number of H-pyrrole nitrogens is 1. The Labute approximate surface area is 150 Å². The first-order valence-electron chi connectivity index (χ1n) is 8.04. The van der Waals surface area contributed by atoms with Crippen molar-refractivity contribution >= 4 is 34.1 Å². The zero-order valence-electron chi connectivity index (χ0n) is 13.8. The predicted molar refractivity (Wildman–Crippen MR) is 100 cm³/mol. The second kappa shape index (κ2) is 7.49. The van der Waals surface area contributed by atoms with Gasteiger partial charge >= 0.3 is 0 Å². The Kier molecular flexibility index (Phi) is 5.14. The van der Waals surface area contributed by atoms with Crippen LogP contribution in [0.1, 0.15) is 25.2 Å². The molecule has 0 spiro atoms. The van der Waals surface area contributed by atoms with E-state index in [0.717, 1.165) is 5.69 Å². The van der Waals surface area contributed by atoms with Gasteiger partial charge in [0.1, 0.15) is 5.82 Å². The number of anilines is 1. The Bertz CT molecular complexity index is 940. The SMILES string of the molecule is CC(c1nc2ccccc2c(=O)[nH]1)N(C(=O)CCCl)c1ccccc1. The van der Waals surface area contributed by atoms with E-state index in [1.807, 2.05) is 43.3 Å². The molecule has 1 heterocycles. The molecule has 6 heteroatoms. The maximum atomic E-state index is 12.6. The molecule has 3 aromatic rings. The van der Waals surface area contributed by atoms with Crippen molar-refractivity contribution in [2.24, 2.45) is 0 Å². The Balaban J connectivity index is 2.07. The van der Waals surface area contributed by atoms with Crippen LogP contribution >= 0.6 is 11.6 Å². The average Bonchev–Trinajstić information content (AvgIpc) is 2.63. The largest absolute Gasteiger partial charge is 0.308 e. The number of alkyl halides is 1. The number of nitrogens with one attached hydrogen (secondary N) is 1. The average molecular weight is 356 g/mol. The summed E-state index contributed by atoms with van der Waals surface area (Å²) in [6, 6.07) is 16.0. The fourth-order valence-electron chi connectivity index (χ4n) is 2.80. The van der Waals surface area contributed by atoms with Crippen LogP contribution in [0.5, 0.6) is 0 Å². The van der Waals surface area contributed by atoms with Crippen molar-refractivity contribution in [3.63, 3.8) is 0 Å². The van der Waals surface area contributed by atoms with Gasteiger partial charge in [-0.15, -0.1) is 11.6 Å². The van der Waals surface area contributed by atoms with E-state index < -0.39 is 6.04 Å². The zero-order chi connectivity index (χ0) is 17.8. The van der Waals surface area contributed by atoms with Crippen LogP contribution < -0.4 is 10.5 Å². The van der Waals surface area contributed by atoms with Crippen LogP contribution in [0.15, 0.2) is 59.4 Å². The van der Waals surface area contributed by atoms with Crippen molar-refractivity contribution in [1.29, 1.82) is 0 Å². The molecule has 0 aliphatic heterocycles. The van der Waals surface area contributed by atoms with Gasteiger partial charge in [0.25, 0.3) is 5.56 Å². The van der Waals surface area contributed by atoms with Crippen molar-refractivity contribution in [2.45, 2.75) is 19.4 Å². The summed E-state index contributed by atoms with van der Waals surface area (Å²) in [7, 11) is 0. The van der Waals surface area contributed by atoms with Gasteiger partial charge in [0.15, 0.2) is 0 Å². The van der Waals surface area contributed by atoms with Crippen LogP contribution in [0.25, 0.3) is 10.9 Å². The quantitative estimate of drug-likeness (QED) is 0.710. The Morgan fingerprint density at radius 1 is 1.16 bits per heavy atom. The molecular weight excluding hydrogens is 338 g/mol. The van der Waals surface area contributed by atoms with Crippen molar-refractivity contribution in [3.05, 3.63) is 70.8 Å². The van der Waals surface area contributed by atoms with Gasteiger partial charge in [-0.25, -0.2) is 4.98 Å². The van der Waals surface area contributed by atoms with Gasteiger partial charge in [-0.1, -0.05) is 30.3 Å². The highest BCUT2D eigenvalue weighted by molar-refractivity contribution is 6.19. The van der Waals surface area contributed by atoms with Gasteiger partial charge in [0.2, 0.25) is 5.91 Å². The number of halogens is 1. The molecule has 1 amide bonds. The van der Waals surface area contributed by atoms with Crippen LogP contribution in [-0.4, -0.2) is 21.8 Å². The van der Waals surface area contributed by atoms with Crippen LogP contribution in [-0.2, 0) is 4.79 Å². The molecular formula is C19H18ClN3O2. The fraction of sp³-hybridized carbons (Fsp3) is 0.211. The number of nitrogens with zero attached hydrogens (tertiary/aromatic N) is 2. The maximum absolute atomic E-state index is 12.6. The van der Waals surface area contributed by atoms with E-state index in [1.165, 1.54) is 0 Å². The molecule has 1 unspecified atom stereocenters. The number of hydrogen-bond donors (Lipinski definition) is 1. The summed E-state index contributed by atoms with van der Waals surface area (Å²) in [6.45, 7) is 1.84. The lowest BCUT2D eigenvalue weighted by molar-refractivity contribution is -0.118. The minimum absolute atomic E-state index is 0.121. The molecule has 1 N–H and O–H groups in total. The molecule has 0 aliphatic carbocycles. The molecule has 5 nitrogen and oxygen atoms in total. The number of hydrogen-bond acceptors (Lipinski definition) is 3. The molecule has 0 radical (unpaired) electrons. The van der Waals surface area contributed by atoms with Gasteiger partial charge in [0.05, 0.1) is 16.9 Å². The third kappa shape index (κ3) is 3.56. The lowest BCUT2D eigenvalue weighted by Gasteiger charge is -2.28. The maximum Gasteiger partial charge on any atom is 0.258 e. The molecule has 3 rings (SSSR count). The van der Waals surface area contributed by atoms with E-state index >= 15 is 0 Å². The Morgan fingerprint density at radius 2 is 1.84 bits per heavy atom. The summed E-state index contributed by atoms with van der Waals surface area (Å²) >= 11 is 5.76. The Morgan fingerprint density at radius 3 is 2.56 bits per heavy atom. The van der Waals surface area contributed by atoms with Crippen LogP contribution in [0, 0.1) is 0 Å². The third-order valence-corrected chi connectivity index (χ3v) is 4.21. The number of rotatable bonds is 5. The molecule has 0 fully saturated rings. The van der Waals surface area contributed by atoms with Gasteiger partial charge in [-0.2, -0.15) is 0 Å². The van der Waals surface area contributed by atoms with E-state index in [4.69, 9.17) is 11.6 Å². The van der Waals surface area contributed by atoms with E-state index in [0.29, 0.717) is 16.7 Å². The van der Waals surface area contributed by atoms with E-state index in [2.05, 4.69) is 9.97 Å². The van der Waals surface area contributed by atoms with Gasteiger partial charge < -0.3 is 9.88 Å². The molecule has 1 atom stereocenters. The minimum Gasteiger partial charge on any atom is -0.308 e. The number of fused-ring (bicyclic) bond motifs is 1. The first-order chi connectivity index (χ1) is 12.1. The second-order valence-corrected chi connectivity index (χ2v) is 6.06. The second-order valence-electron chi connectivity index (χ2n) is 5.68. The number of aromatic amines is 1. The number of carbonyl (C=O) groups excluding carboxylic acids is 1. The first-order valence-corrected chi connectivity index (χ1v) is 8.57. The monoisotopic (exact) mass is 355 g/mol. The van der Waals surface area contributed by atoms with Gasteiger partial charge in [-0.05, 0) is 31.2 Å². The number of aromatic nitrogens is 2. The Hall–Kier alpha value is -2.66. The fourth-order valence-corrected chi connectivity index (χ4v) is 2.96. The summed E-state index contributed by atoms with van der Waals surface area (Å²) in [5, 5.41) is 0.525. The molecule has 0 bridgehead atoms. The molecule has 25 heavy (non-hydrogen) atoms. The third-order valence-electron chi connectivity index (χ3n) is 4.03. The van der Waals surface area contributed by atoms with Crippen LogP contribution in [0.4, 0.5) is 5.69 Å². The first kappa shape index (κ1) is 17.2. The molecule has 0 aliphatic rings. The highest BCUT2D eigenvalue weighted by Gasteiger charge is 2.25. The van der Waals surface area contributed by atoms with Crippen LogP contribution in [0.3, 0.4) is 0 Å².